The van der Waals surface area contributed by atoms with Crippen LogP contribution in [0.2, 0.25) is 0 Å². The third kappa shape index (κ3) is 5.93. The van der Waals surface area contributed by atoms with E-state index in [1.54, 1.807) is 21.7 Å². The number of benzene rings is 3. The molecule has 0 saturated carbocycles. The number of carbonyl (C=O) groups excluding carboxylic acids is 1. The molecule has 2 aromatic heterocycles. The molecule has 11 heteroatoms. The van der Waals surface area contributed by atoms with Gasteiger partial charge in [0.25, 0.3) is 5.91 Å². The highest BCUT2D eigenvalue weighted by molar-refractivity contribution is 5.94. The first-order valence-electron chi connectivity index (χ1n) is 13.9. The lowest BCUT2D eigenvalue weighted by Crippen LogP contribution is -2.35. The Morgan fingerprint density at radius 2 is 1.58 bits per heavy atom. The summed E-state index contributed by atoms with van der Waals surface area (Å²) >= 11 is 0. The van der Waals surface area contributed by atoms with E-state index < -0.39 is 11.7 Å². The van der Waals surface area contributed by atoms with E-state index >= 15 is 0 Å². The van der Waals surface area contributed by atoms with Crippen LogP contribution < -0.4 is 4.90 Å². The van der Waals surface area contributed by atoms with E-state index in [9.17, 15) is 22.4 Å². The van der Waals surface area contributed by atoms with Crippen LogP contribution in [0.25, 0.3) is 16.7 Å². The molecule has 1 aliphatic heterocycles. The normalized spacial score (nSPS) is 14.3. The highest BCUT2D eigenvalue weighted by Crippen LogP contribution is 2.31. The number of alkyl halides is 3. The van der Waals surface area contributed by atoms with Crippen LogP contribution >= 0.6 is 0 Å². The van der Waals surface area contributed by atoms with Gasteiger partial charge in [-0.3, -0.25) is 4.79 Å². The Hall–Kier alpha value is -4.80. The molecule has 0 unspecified atom stereocenters. The zero-order chi connectivity index (χ0) is 30.1. The molecule has 0 bridgehead atoms. The fourth-order valence-electron chi connectivity index (χ4n) is 5.37. The summed E-state index contributed by atoms with van der Waals surface area (Å²) < 4.78 is 54.4. The van der Waals surface area contributed by atoms with Crippen LogP contribution in [0.4, 0.5) is 23.4 Å². The summed E-state index contributed by atoms with van der Waals surface area (Å²) in [6.45, 7) is 3.77. The first-order chi connectivity index (χ1) is 20.7. The molecule has 1 saturated heterocycles. The topological polar surface area (TPSA) is 67.2 Å². The number of hydrogen-bond acceptors (Lipinski definition) is 5. The third-order valence-electron chi connectivity index (χ3n) is 7.55. The van der Waals surface area contributed by atoms with Crippen LogP contribution in [0.1, 0.15) is 39.4 Å². The number of aromatic nitrogens is 4. The van der Waals surface area contributed by atoms with E-state index in [0.29, 0.717) is 67.7 Å². The van der Waals surface area contributed by atoms with Gasteiger partial charge in [-0.2, -0.15) is 18.3 Å². The Morgan fingerprint density at radius 1 is 0.860 bits per heavy atom. The molecule has 0 radical (unpaired) electrons. The van der Waals surface area contributed by atoms with Crippen molar-refractivity contribution in [1.82, 2.24) is 24.6 Å². The molecule has 0 N–H and O–H groups in total. The van der Waals surface area contributed by atoms with Crippen molar-refractivity contribution in [3.05, 3.63) is 113 Å². The second kappa shape index (κ2) is 11.5. The third-order valence-corrected chi connectivity index (χ3v) is 7.55. The number of rotatable bonds is 5. The molecule has 43 heavy (non-hydrogen) atoms. The average Bonchev–Trinajstić information content (AvgIpc) is 3.16. The molecule has 7 nitrogen and oxygen atoms in total. The Balaban J connectivity index is 1.33. The molecular weight excluding hydrogens is 560 g/mol. The molecule has 6 rings (SSSR count). The van der Waals surface area contributed by atoms with Crippen molar-refractivity contribution in [2.75, 3.05) is 31.1 Å². The maximum atomic E-state index is 13.7. The van der Waals surface area contributed by atoms with Crippen LogP contribution in [0.15, 0.2) is 78.9 Å². The zero-order valence-electron chi connectivity index (χ0n) is 23.4. The lowest BCUT2D eigenvalue weighted by Gasteiger charge is -2.24. The van der Waals surface area contributed by atoms with Crippen LogP contribution in [-0.2, 0) is 12.6 Å². The predicted octanol–water partition coefficient (Wildman–Crippen LogP) is 6.23. The summed E-state index contributed by atoms with van der Waals surface area (Å²) in [6.07, 6.45) is -3.34. The highest BCUT2D eigenvalue weighted by Gasteiger charge is 2.31. The van der Waals surface area contributed by atoms with Gasteiger partial charge in [0.2, 0.25) is 0 Å². The van der Waals surface area contributed by atoms with Gasteiger partial charge in [0.15, 0.2) is 5.65 Å². The monoisotopic (exact) mass is 588 g/mol. The molecule has 1 fully saturated rings. The second-order valence-electron chi connectivity index (χ2n) is 10.5. The van der Waals surface area contributed by atoms with Gasteiger partial charge in [0.1, 0.15) is 17.5 Å². The van der Waals surface area contributed by atoms with E-state index in [2.05, 4.69) is 4.90 Å². The minimum absolute atomic E-state index is 0.215. The summed E-state index contributed by atoms with van der Waals surface area (Å²) in [6, 6.07) is 20.3. The number of halogens is 4. The van der Waals surface area contributed by atoms with Crippen LogP contribution in [0, 0.1) is 12.7 Å². The number of nitrogens with zero attached hydrogens (tertiary/aromatic N) is 6. The molecule has 1 aliphatic rings. The minimum atomic E-state index is -4.46. The van der Waals surface area contributed by atoms with Gasteiger partial charge >= 0.3 is 6.18 Å². The summed E-state index contributed by atoms with van der Waals surface area (Å²) in [4.78, 5) is 26.9. The van der Waals surface area contributed by atoms with Crippen molar-refractivity contribution in [2.45, 2.75) is 25.9 Å². The number of anilines is 1. The maximum absolute atomic E-state index is 13.7. The SMILES string of the molecule is Cc1nn(-c2ccc(F)cc2)c2nc(Cc3ccccc3)nc(N3CCCN(C(=O)c4ccc(C(F)(F)F)cc4)CC3)c12. The van der Waals surface area contributed by atoms with E-state index in [-0.39, 0.29) is 17.3 Å². The molecule has 220 valence electrons. The van der Waals surface area contributed by atoms with Crippen molar-refractivity contribution in [1.29, 1.82) is 0 Å². The lowest BCUT2D eigenvalue weighted by atomic mass is 10.1. The van der Waals surface area contributed by atoms with Gasteiger partial charge in [-0.15, -0.1) is 0 Å². The first-order valence-corrected chi connectivity index (χ1v) is 13.9. The highest BCUT2D eigenvalue weighted by atomic mass is 19.4. The van der Waals surface area contributed by atoms with Crippen molar-refractivity contribution >= 4 is 22.8 Å². The summed E-state index contributed by atoms with van der Waals surface area (Å²) in [5.74, 6) is 0.634. The fraction of sp³-hybridized carbons (Fsp3) is 0.250. The Labute approximate surface area is 245 Å². The van der Waals surface area contributed by atoms with Gasteiger partial charge in [0, 0.05) is 38.2 Å². The van der Waals surface area contributed by atoms with Crippen LogP contribution in [0.3, 0.4) is 0 Å². The number of carbonyl (C=O) groups is 1. The van der Waals surface area contributed by atoms with E-state index in [1.165, 1.54) is 24.3 Å². The van der Waals surface area contributed by atoms with Gasteiger partial charge in [0.05, 0.1) is 22.3 Å². The number of aryl methyl sites for hydroxylation is 1. The zero-order valence-corrected chi connectivity index (χ0v) is 23.4. The van der Waals surface area contributed by atoms with Crippen molar-refractivity contribution in [3.8, 4) is 5.69 Å². The number of hydrogen-bond donors (Lipinski definition) is 0. The molecule has 0 atom stereocenters. The Kier molecular flexibility index (Phi) is 7.55. The number of fused-ring (bicyclic) bond motifs is 1. The molecule has 0 spiro atoms. The van der Waals surface area contributed by atoms with E-state index in [0.717, 1.165) is 23.1 Å². The largest absolute Gasteiger partial charge is 0.416 e. The quantitative estimate of drug-likeness (QED) is 0.228. The minimum Gasteiger partial charge on any atom is -0.354 e. The smallest absolute Gasteiger partial charge is 0.354 e. The Morgan fingerprint density at radius 3 is 2.28 bits per heavy atom. The lowest BCUT2D eigenvalue weighted by molar-refractivity contribution is -0.137. The summed E-state index contributed by atoms with van der Waals surface area (Å²) in [5, 5.41) is 5.51. The fourth-order valence-corrected chi connectivity index (χ4v) is 5.37. The van der Waals surface area contributed by atoms with Gasteiger partial charge in [-0.05, 0) is 67.4 Å². The molecule has 3 aromatic carbocycles. The average molecular weight is 589 g/mol. The first kappa shape index (κ1) is 28.3. The second-order valence-corrected chi connectivity index (χ2v) is 10.5. The van der Waals surface area contributed by atoms with Crippen molar-refractivity contribution < 1.29 is 22.4 Å². The van der Waals surface area contributed by atoms with Crippen molar-refractivity contribution in [2.24, 2.45) is 0 Å². The standard InChI is InChI=1S/C32H28F4N6O/c1-21-28-29(40-16-5-17-41(19-18-40)31(43)23-8-10-24(11-9-23)32(34,35)36)37-27(20-22-6-3-2-4-7-22)38-30(28)42(39-21)26-14-12-25(33)13-15-26/h2-4,6-15H,5,16-20H2,1H3. The molecule has 0 aliphatic carbocycles. The summed E-state index contributed by atoms with van der Waals surface area (Å²) in [7, 11) is 0. The van der Waals surface area contributed by atoms with Crippen LogP contribution in [0.5, 0.6) is 0 Å². The summed E-state index contributed by atoms with van der Waals surface area (Å²) in [5.41, 5.74) is 2.44. The predicted molar refractivity (Wildman–Crippen MR) is 155 cm³/mol. The van der Waals surface area contributed by atoms with E-state index in [4.69, 9.17) is 15.1 Å². The van der Waals surface area contributed by atoms with Gasteiger partial charge in [-0.25, -0.2) is 19.0 Å². The molecule has 5 aromatic rings. The molecular formula is C32H28F4N6O. The van der Waals surface area contributed by atoms with E-state index in [1.807, 2.05) is 37.3 Å². The maximum Gasteiger partial charge on any atom is 0.416 e. The van der Waals surface area contributed by atoms with Crippen molar-refractivity contribution in [3.63, 3.8) is 0 Å². The molecule has 1 amide bonds. The van der Waals surface area contributed by atoms with Gasteiger partial charge < -0.3 is 9.80 Å². The number of amides is 1. The molecule has 3 heterocycles. The van der Waals surface area contributed by atoms with Crippen LogP contribution in [-0.4, -0.2) is 56.7 Å². The Bertz CT molecular complexity index is 1750. The van der Waals surface area contributed by atoms with Gasteiger partial charge in [-0.1, -0.05) is 30.3 Å².